The predicted molar refractivity (Wildman–Crippen MR) is 81.8 cm³/mol. The average Bonchev–Trinajstić information content (AvgIpc) is 2.76. The van der Waals surface area contributed by atoms with Crippen LogP contribution in [0, 0.1) is 0 Å². The van der Waals surface area contributed by atoms with E-state index in [2.05, 4.69) is 28.0 Å². The van der Waals surface area contributed by atoms with Crippen molar-refractivity contribution < 1.29 is 0 Å². The van der Waals surface area contributed by atoms with E-state index in [4.69, 9.17) is 23.2 Å². The number of alkyl halides is 1. The van der Waals surface area contributed by atoms with Gasteiger partial charge >= 0.3 is 0 Å². The maximum absolute atomic E-state index is 6.26. The van der Waals surface area contributed by atoms with E-state index in [0.717, 1.165) is 28.6 Å². The van der Waals surface area contributed by atoms with Crippen LogP contribution in [0.15, 0.2) is 17.2 Å². The van der Waals surface area contributed by atoms with Crippen molar-refractivity contribution in [2.45, 2.75) is 18.7 Å². The number of rotatable bonds is 3. The van der Waals surface area contributed by atoms with E-state index in [0.29, 0.717) is 15.4 Å². The smallest absolute Gasteiger partial charge is 0.0953 e. The van der Waals surface area contributed by atoms with Gasteiger partial charge in [-0.25, -0.2) is 0 Å². The lowest BCUT2D eigenvalue weighted by Crippen LogP contribution is -2.13. The van der Waals surface area contributed by atoms with Gasteiger partial charge in [-0.3, -0.25) is 5.01 Å². The number of benzene rings is 1. The van der Waals surface area contributed by atoms with Crippen LogP contribution in [0.2, 0.25) is 10.0 Å². The first-order valence-corrected chi connectivity index (χ1v) is 8.03. The highest BCUT2D eigenvalue weighted by atomic mass is 79.9. The van der Waals surface area contributed by atoms with Crippen molar-refractivity contribution >= 4 is 61.6 Å². The van der Waals surface area contributed by atoms with Gasteiger partial charge in [0.1, 0.15) is 0 Å². The molecular weight excluding hydrogens is 343 g/mol. The Morgan fingerprint density at radius 3 is 2.82 bits per heavy atom. The molecule has 0 aromatic heterocycles. The molecule has 0 radical (unpaired) electrons. The second kappa shape index (κ2) is 5.83. The van der Waals surface area contributed by atoms with Gasteiger partial charge in [-0.2, -0.15) is 5.10 Å². The molecule has 0 fully saturated rings. The number of hydrogen-bond donors (Lipinski definition) is 0. The Labute approximate surface area is 123 Å². The fraction of sp³-hybridized carbons (Fsp3) is 0.364. The van der Waals surface area contributed by atoms with Crippen LogP contribution < -0.4 is 5.01 Å². The normalized spacial score (nSPS) is 15.3. The summed E-state index contributed by atoms with van der Waals surface area (Å²) in [5.74, 6) is 0.810. The number of halogens is 3. The second-order valence-corrected chi connectivity index (χ2v) is 5.97. The van der Waals surface area contributed by atoms with Crippen molar-refractivity contribution in [3.63, 3.8) is 0 Å². The Morgan fingerprint density at radius 1 is 1.47 bits per heavy atom. The van der Waals surface area contributed by atoms with E-state index in [1.54, 1.807) is 17.8 Å². The van der Waals surface area contributed by atoms with Gasteiger partial charge in [0.05, 0.1) is 21.6 Å². The summed E-state index contributed by atoms with van der Waals surface area (Å²) in [5.41, 5.74) is 2.01. The van der Waals surface area contributed by atoms with Crippen LogP contribution in [0.3, 0.4) is 0 Å². The Hall–Kier alpha value is 0.1000. The summed E-state index contributed by atoms with van der Waals surface area (Å²) in [7, 11) is 0. The van der Waals surface area contributed by atoms with Crippen molar-refractivity contribution in [2.24, 2.45) is 5.10 Å². The van der Waals surface area contributed by atoms with Crippen LogP contribution in [-0.2, 0) is 5.33 Å². The first kappa shape index (κ1) is 13.5. The fourth-order valence-corrected chi connectivity index (χ4v) is 3.50. The van der Waals surface area contributed by atoms with E-state index in [9.17, 15) is 0 Å². The highest BCUT2D eigenvalue weighted by molar-refractivity contribution is 9.08. The molecule has 17 heavy (non-hydrogen) atoms. The molecule has 1 heterocycles. The number of hydrogen-bond acceptors (Lipinski definition) is 3. The average molecular weight is 354 g/mol. The Morgan fingerprint density at radius 2 is 2.24 bits per heavy atom. The highest BCUT2D eigenvalue weighted by Crippen LogP contribution is 2.37. The maximum atomic E-state index is 6.26. The molecule has 0 saturated heterocycles. The summed E-state index contributed by atoms with van der Waals surface area (Å²) in [6, 6.07) is 3.68. The molecule has 2 rings (SSSR count). The van der Waals surface area contributed by atoms with E-state index in [-0.39, 0.29) is 0 Å². The summed E-state index contributed by atoms with van der Waals surface area (Å²) in [5, 5.41) is 9.63. The molecule has 1 aromatic carbocycles. The Kier molecular flexibility index (Phi) is 4.64. The Bertz CT molecular complexity index is 465. The monoisotopic (exact) mass is 352 g/mol. The number of hydrazone groups is 1. The zero-order chi connectivity index (χ0) is 12.4. The quantitative estimate of drug-likeness (QED) is 0.700. The lowest BCUT2D eigenvalue weighted by atomic mass is 10.2. The summed E-state index contributed by atoms with van der Waals surface area (Å²) < 4.78 is 0. The van der Waals surface area contributed by atoms with Crippen LogP contribution in [0.5, 0.6) is 0 Å². The van der Waals surface area contributed by atoms with Crippen molar-refractivity contribution in [3.05, 3.63) is 27.7 Å². The minimum Gasteiger partial charge on any atom is -0.253 e. The van der Waals surface area contributed by atoms with Gasteiger partial charge in [-0.15, -0.1) is 0 Å². The van der Waals surface area contributed by atoms with Gasteiger partial charge in [0.2, 0.25) is 0 Å². The first-order chi connectivity index (χ1) is 8.15. The molecule has 0 unspecified atom stereocenters. The van der Waals surface area contributed by atoms with Crippen LogP contribution in [0.25, 0.3) is 0 Å². The van der Waals surface area contributed by atoms with Crippen LogP contribution >= 0.6 is 50.9 Å². The van der Waals surface area contributed by atoms with Gasteiger partial charge in [-0.1, -0.05) is 57.8 Å². The molecule has 0 amide bonds. The van der Waals surface area contributed by atoms with Gasteiger partial charge in [-0.05, 0) is 24.1 Å². The van der Waals surface area contributed by atoms with Crippen LogP contribution in [0.1, 0.15) is 18.9 Å². The summed E-state index contributed by atoms with van der Waals surface area (Å²) in [6.45, 7) is 2.10. The Balaban J connectivity index is 2.42. The lowest BCUT2D eigenvalue weighted by molar-refractivity contribution is 0.993. The first-order valence-electron chi connectivity index (χ1n) is 5.17. The van der Waals surface area contributed by atoms with Crippen molar-refractivity contribution in [1.29, 1.82) is 0 Å². The molecule has 2 nitrogen and oxygen atoms in total. The van der Waals surface area contributed by atoms with E-state index < -0.39 is 0 Å². The highest BCUT2D eigenvalue weighted by Gasteiger charge is 2.20. The van der Waals surface area contributed by atoms with Gasteiger partial charge in [0, 0.05) is 10.4 Å². The molecule has 1 aliphatic rings. The molecular formula is C11H11BrCl2N2S. The van der Waals surface area contributed by atoms with E-state index >= 15 is 0 Å². The van der Waals surface area contributed by atoms with Crippen molar-refractivity contribution in [3.8, 4) is 0 Å². The molecule has 6 heteroatoms. The zero-order valence-electron chi connectivity index (χ0n) is 9.21. The minimum absolute atomic E-state index is 0.647. The molecule has 92 valence electrons. The third kappa shape index (κ3) is 2.92. The number of nitrogens with zero attached hydrogens (tertiary/aromatic N) is 2. The topological polar surface area (TPSA) is 15.6 Å². The molecule has 1 aliphatic heterocycles. The zero-order valence-corrected chi connectivity index (χ0v) is 13.1. The van der Waals surface area contributed by atoms with Crippen molar-refractivity contribution in [1.82, 2.24) is 0 Å². The van der Waals surface area contributed by atoms with Gasteiger partial charge in [0.15, 0.2) is 0 Å². The maximum Gasteiger partial charge on any atom is 0.0953 e. The van der Waals surface area contributed by atoms with Gasteiger partial charge < -0.3 is 0 Å². The summed E-state index contributed by atoms with van der Waals surface area (Å²) >= 11 is 17.5. The SMILES string of the molecule is CCC1=NN(c2c(Cl)cc(Cl)cc2CBr)CS1. The molecule has 1 aromatic rings. The minimum atomic E-state index is 0.647. The molecule has 0 bridgehead atoms. The van der Waals surface area contributed by atoms with Crippen LogP contribution in [-0.4, -0.2) is 10.9 Å². The molecule has 0 N–H and O–H groups in total. The van der Waals surface area contributed by atoms with Crippen LogP contribution in [0.4, 0.5) is 5.69 Å². The molecule has 0 atom stereocenters. The largest absolute Gasteiger partial charge is 0.253 e. The third-order valence-electron chi connectivity index (χ3n) is 2.40. The molecule has 0 saturated carbocycles. The van der Waals surface area contributed by atoms with Crippen molar-refractivity contribution in [2.75, 3.05) is 10.9 Å². The lowest BCUT2D eigenvalue weighted by Gasteiger charge is -2.18. The number of anilines is 1. The standard InChI is InChI=1S/C11H11BrCl2N2S/c1-2-10-15-16(6-17-10)11-7(5-12)3-8(13)4-9(11)14/h3-4H,2,5-6H2,1H3. The second-order valence-electron chi connectivity index (χ2n) is 3.55. The molecule has 0 aliphatic carbocycles. The fourth-order valence-electron chi connectivity index (χ4n) is 1.63. The third-order valence-corrected chi connectivity index (χ3v) is 4.58. The summed E-state index contributed by atoms with van der Waals surface area (Å²) in [4.78, 5) is 0. The summed E-state index contributed by atoms with van der Waals surface area (Å²) in [6.07, 6.45) is 0.954. The predicted octanol–water partition coefficient (Wildman–Crippen LogP) is 5.12. The van der Waals surface area contributed by atoms with E-state index in [1.807, 2.05) is 11.1 Å². The molecule has 0 spiro atoms. The van der Waals surface area contributed by atoms with E-state index in [1.165, 1.54) is 0 Å². The van der Waals surface area contributed by atoms with Gasteiger partial charge in [0.25, 0.3) is 0 Å². The number of thioether (sulfide) groups is 1.